The summed E-state index contributed by atoms with van der Waals surface area (Å²) in [5, 5.41) is 9.08. The minimum Gasteiger partial charge on any atom is -0.508 e. The van der Waals surface area contributed by atoms with Crippen molar-refractivity contribution in [2.45, 2.75) is 26.7 Å². The van der Waals surface area contributed by atoms with E-state index in [1.807, 2.05) is 26.0 Å². The van der Waals surface area contributed by atoms with Crippen LogP contribution in [0.4, 0.5) is 5.69 Å². The molecule has 1 fully saturated rings. The molecule has 0 amide bonds. The van der Waals surface area contributed by atoms with Crippen LogP contribution in [0.1, 0.15) is 26.7 Å². The zero-order valence-corrected chi connectivity index (χ0v) is 9.03. The van der Waals surface area contributed by atoms with Crippen molar-refractivity contribution in [3.8, 4) is 5.75 Å². The number of aromatic hydroxyl groups is 1. The van der Waals surface area contributed by atoms with Crippen LogP contribution in [0.5, 0.6) is 5.75 Å². The zero-order valence-electron chi connectivity index (χ0n) is 9.03. The maximum atomic E-state index is 9.08. The number of nitrogens with zero attached hydrogens (tertiary/aromatic N) is 1. The van der Waals surface area contributed by atoms with Crippen LogP contribution < -0.4 is 4.90 Å². The molecule has 14 heavy (non-hydrogen) atoms. The first-order chi connectivity index (χ1) is 6.86. The van der Waals surface area contributed by atoms with Gasteiger partial charge < -0.3 is 10.0 Å². The Balaban J connectivity index is 0.000000461. The third-order valence-corrected chi connectivity index (χ3v) is 2.32. The molecule has 0 spiro atoms. The molecule has 1 aliphatic rings. The van der Waals surface area contributed by atoms with E-state index >= 15 is 0 Å². The molecule has 0 atom stereocenters. The van der Waals surface area contributed by atoms with Crippen molar-refractivity contribution in [3.63, 3.8) is 0 Å². The van der Waals surface area contributed by atoms with Crippen molar-refractivity contribution in [2.24, 2.45) is 0 Å². The molecular formula is C12H19NO. The highest BCUT2D eigenvalue weighted by atomic mass is 16.3. The molecule has 0 saturated carbocycles. The van der Waals surface area contributed by atoms with E-state index in [1.54, 1.807) is 12.1 Å². The summed E-state index contributed by atoms with van der Waals surface area (Å²) >= 11 is 0. The van der Waals surface area contributed by atoms with E-state index in [4.69, 9.17) is 5.11 Å². The van der Waals surface area contributed by atoms with Crippen LogP contribution in [0, 0.1) is 0 Å². The Bertz CT molecular complexity index is 250. The van der Waals surface area contributed by atoms with Gasteiger partial charge in [0, 0.05) is 18.8 Å². The third kappa shape index (κ3) is 2.66. The lowest BCUT2D eigenvalue weighted by molar-refractivity contribution is 0.475. The van der Waals surface area contributed by atoms with E-state index in [2.05, 4.69) is 4.90 Å². The maximum Gasteiger partial charge on any atom is 0.115 e. The smallest absolute Gasteiger partial charge is 0.115 e. The first kappa shape index (κ1) is 10.9. The fourth-order valence-electron chi connectivity index (χ4n) is 1.64. The quantitative estimate of drug-likeness (QED) is 0.741. The Morgan fingerprint density at radius 1 is 1.00 bits per heavy atom. The molecule has 0 aliphatic carbocycles. The summed E-state index contributed by atoms with van der Waals surface area (Å²) in [6, 6.07) is 7.43. The molecule has 1 saturated heterocycles. The molecule has 2 rings (SSSR count). The van der Waals surface area contributed by atoms with Crippen LogP contribution in [-0.2, 0) is 0 Å². The van der Waals surface area contributed by atoms with E-state index in [-0.39, 0.29) is 0 Å². The minimum atomic E-state index is 0.345. The maximum absolute atomic E-state index is 9.08. The van der Waals surface area contributed by atoms with Crippen LogP contribution in [0.2, 0.25) is 0 Å². The van der Waals surface area contributed by atoms with Crippen molar-refractivity contribution in [1.82, 2.24) is 0 Å². The average Bonchev–Trinajstić information content (AvgIpc) is 2.75. The normalized spacial score (nSPS) is 14.9. The van der Waals surface area contributed by atoms with E-state index in [0.29, 0.717) is 5.75 Å². The van der Waals surface area contributed by atoms with Gasteiger partial charge in [-0.25, -0.2) is 0 Å². The summed E-state index contributed by atoms with van der Waals surface area (Å²) in [7, 11) is 0. The molecule has 2 heteroatoms. The SMILES string of the molecule is CC.Oc1ccc(N2CCCC2)cc1. The van der Waals surface area contributed by atoms with Gasteiger partial charge in [0.15, 0.2) is 0 Å². The van der Waals surface area contributed by atoms with Gasteiger partial charge in [-0.05, 0) is 37.1 Å². The Hall–Kier alpha value is -1.18. The molecule has 1 aromatic rings. The highest BCUT2D eigenvalue weighted by molar-refractivity contribution is 5.49. The molecule has 1 aliphatic heterocycles. The predicted octanol–water partition coefficient (Wildman–Crippen LogP) is 3.02. The molecule has 1 N–H and O–H groups in total. The minimum absolute atomic E-state index is 0.345. The Kier molecular flexibility index (Phi) is 4.30. The molecule has 0 bridgehead atoms. The fraction of sp³-hybridized carbons (Fsp3) is 0.500. The van der Waals surface area contributed by atoms with Crippen molar-refractivity contribution in [1.29, 1.82) is 0 Å². The van der Waals surface area contributed by atoms with Gasteiger partial charge in [0.25, 0.3) is 0 Å². The lowest BCUT2D eigenvalue weighted by Crippen LogP contribution is -2.17. The van der Waals surface area contributed by atoms with Crippen LogP contribution in [0.25, 0.3) is 0 Å². The molecule has 78 valence electrons. The van der Waals surface area contributed by atoms with Gasteiger partial charge >= 0.3 is 0 Å². The second kappa shape index (κ2) is 5.53. The lowest BCUT2D eigenvalue weighted by atomic mass is 10.3. The standard InChI is InChI=1S/C10H13NO.C2H6/c12-10-5-3-9(4-6-10)11-7-1-2-8-11;1-2/h3-6,12H,1-2,7-8H2;1-2H3. The summed E-state index contributed by atoms with van der Waals surface area (Å²) < 4.78 is 0. The molecular weight excluding hydrogens is 174 g/mol. The van der Waals surface area contributed by atoms with Gasteiger partial charge in [-0.3, -0.25) is 0 Å². The van der Waals surface area contributed by atoms with Crippen molar-refractivity contribution in [3.05, 3.63) is 24.3 Å². The summed E-state index contributed by atoms with van der Waals surface area (Å²) in [6.07, 6.45) is 2.59. The number of anilines is 1. The Labute approximate surface area is 86.2 Å². The lowest BCUT2D eigenvalue weighted by Gasteiger charge is -2.16. The van der Waals surface area contributed by atoms with Gasteiger partial charge in [0.05, 0.1) is 0 Å². The summed E-state index contributed by atoms with van der Waals surface area (Å²) in [5.74, 6) is 0.345. The van der Waals surface area contributed by atoms with Gasteiger partial charge in [-0.15, -0.1) is 0 Å². The van der Waals surface area contributed by atoms with E-state index in [0.717, 1.165) is 13.1 Å². The second-order valence-electron chi connectivity index (χ2n) is 3.21. The highest BCUT2D eigenvalue weighted by Gasteiger charge is 2.11. The van der Waals surface area contributed by atoms with Gasteiger partial charge in [-0.1, -0.05) is 13.8 Å². The largest absolute Gasteiger partial charge is 0.508 e. The van der Waals surface area contributed by atoms with Crippen molar-refractivity contribution in [2.75, 3.05) is 18.0 Å². The Morgan fingerprint density at radius 3 is 2.00 bits per heavy atom. The number of phenols is 1. The second-order valence-corrected chi connectivity index (χ2v) is 3.21. The average molecular weight is 193 g/mol. The van der Waals surface area contributed by atoms with Crippen LogP contribution >= 0.6 is 0 Å². The van der Waals surface area contributed by atoms with Crippen LogP contribution in [0.3, 0.4) is 0 Å². The summed E-state index contributed by atoms with van der Waals surface area (Å²) in [4.78, 5) is 2.35. The monoisotopic (exact) mass is 193 g/mol. The van der Waals surface area contributed by atoms with Crippen molar-refractivity contribution < 1.29 is 5.11 Å². The van der Waals surface area contributed by atoms with E-state index in [9.17, 15) is 0 Å². The molecule has 0 unspecified atom stereocenters. The topological polar surface area (TPSA) is 23.5 Å². The van der Waals surface area contributed by atoms with E-state index in [1.165, 1.54) is 18.5 Å². The van der Waals surface area contributed by atoms with Crippen LogP contribution in [-0.4, -0.2) is 18.2 Å². The first-order valence-corrected chi connectivity index (χ1v) is 5.40. The van der Waals surface area contributed by atoms with Gasteiger partial charge in [-0.2, -0.15) is 0 Å². The highest BCUT2D eigenvalue weighted by Crippen LogP contribution is 2.21. The summed E-state index contributed by atoms with van der Waals surface area (Å²) in [6.45, 7) is 6.32. The molecule has 1 aromatic carbocycles. The Morgan fingerprint density at radius 2 is 1.50 bits per heavy atom. The zero-order chi connectivity index (χ0) is 10.4. The summed E-state index contributed by atoms with van der Waals surface area (Å²) in [5.41, 5.74) is 1.23. The van der Waals surface area contributed by atoms with Gasteiger partial charge in [0.2, 0.25) is 0 Å². The number of benzene rings is 1. The van der Waals surface area contributed by atoms with Crippen molar-refractivity contribution >= 4 is 5.69 Å². The molecule has 0 aromatic heterocycles. The third-order valence-electron chi connectivity index (χ3n) is 2.32. The molecule has 1 heterocycles. The number of hydrogen-bond acceptors (Lipinski definition) is 2. The van der Waals surface area contributed by atoms with Crippen LogP contribution in [0.15, 0.2) is 24.3 Å². The first-order valence-electron chi connectivity index (χ1n) is 5.40. The number of hydrogen-bond donors (Lipinski definition) is 1. The van der Waals surface area contributed by atoms with Gasteiger partial charge in [0.1, 0.15) is 5.75 Å². The predicted molar refractivity (Wildman–Crippen MR) is 60.9 cm³/mol. The van der Waals surface area contributed by atoms with E-state index < -0.39 is 0 Å². The number of rotatable bonds is 1. The molecule has 2 nitrogen and oxygen atoms in total. The molecule has 0 radical (unpaired) electrons. The number of phenolic OH excluding ortho intramolecular Hbond substituents is 1. The fourth-order valence-corrected chi connectivity index (χ4v) is 1.64.